The van der Waals surface area contributed by atoms with E-state index in [0.717, 1.165) is 17.4 Å². The van der Waals surface area contributed by atoms with Gasteiger partial charge in [-0.3, -0.25) is 4.79 Å². The van der Waals surface area contributed by atoms with Crippen molar-refractivity contribution in [3.8, 4) is 0 Å². The van der Waals surface area contributed by atoms with Crippen molar-refractivity contribution in [2.24, 2.45) is 0 Å². The molecule has 1 aromatic rings. The maximum Gasteiger partial charge on any atom is 0.152 e. The van der Waals surface area contributed by atoms with Crippen LogP contribution in [0.15, 0.2) is 12.1 Å². The Bertz CT molecular complexity index is 334. The zero-order valence-electron chi connectivity index (χ0n) is 6.54. The van der Waals surface area contributed by atoms with Crippen LogP contribution < -0.4 is 5.73 Å². The van der Waals surface area contributed by atoms with Crippen LogP contribution in [0.4, 0.5) is 5.69 Å². The molecule has 0 amide bonds. The molecule has 3 heteroatoms. The number of ether oxygens (including phenoxy) is 1. The van der Waals surface area contributed by atoms with Crippen molar-refractivity contribution in [2.45, 2.75) is 13.2 Å². The highest BCUT2D eigenvalue weighted by molar-refractivity contribution is 5.84. The first kappa shape index (κ1) is 7.31. The molecule has 1 aliphatic rings. The molecule has 3 nitrogen and oxygen atoms in total. The van der Waals surface area contributed by atoms with E-state index in [4.69, 9.17) is 10.5 Å². The molecule has 0 aliphatic carbocycles. The van der Waals surface area contributed by atoms with Crippen LogP contribution in [-0.4, -0.2) is 6.29 Å². The minimum absolute atomic E-state index is 0.536. The fourth-order valence-corrected chi connectivity index (χ4v) is 1.37. The second kappa shape index (κ2) is 2.60. The van der Waals surface area contributed by atoms with Gasteiger partial charge in [-0.25, -0.2) is 0 Å². The number of anilines is 1. The van der Waals surface area contributed by atoms with Gasteiger partial charge >= 0.3 is 0 Å². The lowest BCUT2D eigenvalue weighted by molar-refractivity contribution is 0.112. The lowest BCUT2D eigenvalue weighted by Gasteiger charge is -2.01. The summed E-state index contributed by atoms with van der Waals surface area (Å²) < 4.78 is 5.20. The quantitative estimate of drug-likeness (QED) is 0.498. The molecule has 1 aromatic carbocycles. The second-order valence-electron chi connectivity index (χ2n) is 2.86. The van der Waals surface area contributed by atoms with E-state index in [9.17, 15) is 4.79 Å². The molecule has 0 spiro atoms. The van der Waals surface area contributed by atoms with Gasteiger partial charge in [0.1, 0.15) is 0 Å². The molecule has 1 heterocycles. The Kier molecular flexibility index (Phi) is 1.59. The van der Waals surface area contributed by atoms with Crippen molar-refractivity contribution < 1.29 is 9.53 Å². The van der Waals surface area contributed by atoms with Gasteiger partial charge in [0.15, 0.2) is 6.29 Å². The van der Waals surface area contributed by atoms with E-state index < -0.39 is 0 Å². The van der Waals surface area contributed by atoms with Crippen LogP contribution in [0.5, 0.6) is 0 Å². The third-order valence-corrected chi connectivity index (χ3v) is 2.05. The molecule has 2 rings (SSSR count). The summed E-state index contributed by atoms with van der Waals surface area (Å²) in [7, 11) is 0. The van der Waals surface area contributed by atoms with E-state index in [1.165, 1.54) is 0 Å². The lowest BCUT2D eigenvalue weighted by Crippen LogP contribution is -1.95. The molecule has 62 valence electrons. The topological polar surface area (TPSA) is 52.3 Å². The summed E-state index contributed by atoms with van der Waals surface area (Å²) in [5.41, 5.74) is 8.88. The van der Waals surface area contributed by atoms with Gasteiger partial charge in [-0.15, -0.1) is 0 Å². The van der Waals surface area contributed by atoms with E-state index in [1.807, 2.05) is 6.07 Å². The first-order valence-corrected chi connectivity index (χ1v) is 3.75. The van der Waals surface area contributed by atoms with E-state index in [1.54, 1.807) is 6.07 Å². The number of fused-ring (bicyclic) bond motifs is 1. The van der Waals surface area contributed by atoms with Gasteiger partial charge in [0.05, 0.1) is 13.2 Å². The molecule has 0 saturated carbocycles. The average Bonchev–Trinajstić information content (AvgIpc) is 2.49. The van der Waals surface area contributed by atoms with E-state index >= 15 is 0 Å². The molecule has 2 N–H and O–H groups in total. The Morgan fingerprint density at radius 2 is 2.00 bits per heavy atom. The van der Waals surface area contributed by atoms with Crippen molar-refractivity contribution in [1.82, 2.24) is 0 Å². The van der Waals surface area contributed by atoms with Crippen LogP contribution in [0.2, 0.25) is 0 Å². The SMILES string of the molecule is Nc1cc2c(cc1C=O)COC2. The fraction of sp³-hybridized carbons (Fsp3) is 0.222. The molecule has 0 bridgehead atoms. The molecule has 12 heavy (non-hydrogen) atoms. The Hall–Kier alpha value is -1.35. The Morgan fingerprint density at radius 1 is 1.33 bits per heavy atom. The van der Waals surface area contributed by atoms with Crippen molar-refractivity contribution in [2.75, 3.05) is 5.73 Å². The monoisotopic (exact) mass is 163 g/mol. The number of hydrogen-bond acceptors (Lipinski definition) is 3. The van der Waals surface area contributed by atoms with Crippen LogP contribution in [0.1, 0.15) is 21.5 Å². The molecule has 0 fully saturated rings. The summed E-state index contributed by atoms with van der Waals surface area (Å²) in [6, 6.07) is 3.61. The predicted molar refractivity (Wildman–Crippen MR) is 44.7 cm³/mol. The number of nitrogen functional groups attached to an aromatic ring is 1. The van der Waals surface area contributed by atoms with E-state index in [0.29, 0.717) is 24.5 Å². The number of carbonyl (C=O) groups is 1. The number of benzene rings is 1. The van der Waals surface area contributed by atoms with Gasteiger partial charge in [0, 0.05) is 11.3 Å². The molecular weight excluding hydrogens is 154 g/mol. The van der Waals surface area contributed by atoms with Gasteiger partial charge in [0.2, 0.25) is 0 Å². The molecule has 0 atom stereocenters. The van der Waals surface area contributed by atoms with Crippen LogP contribution in [0, 0.1) is 0 Å². The fourth-order valence-electron chi connectivity index (χ4n) is 1.37. The molecule has 1 aliphatic heterocycles. The summed E-state index contributed by atoms with van der Waals surface area (Å²) >= 11 is 0. The second-order valence-corrected chi connectivity index (χ2v) is 2.86. The first-order valence-electron chi connectivity index (χ1n) is 3.75. The third kappa shape index (κ3) is 0.987. The minimum atomic E-state index is 0.536. The first-order chi connectivity index (χ1) is 5.81. The molecular formula is C9H9NO2. The highest BCUT2D eigenvalue weighted by atomic mass is 16.5. The smallest absolute Gasteiger partial charge is 0.152 e. The minimum Gasteiger partial charge on any atom is -0.398 e. The van der Waals surface area contributed by atoms with Crippen LogP contribution in [0.3, 0.4) is 0 Å². The van der Waals surface area contributed by atoms with Crippen molar-refractivity contribution in [1.29, 1.82) is 0 Å². The molecule has 0 aromatic heterocycles. The summed E-state index contributed by atoms with van der Waals surface area (Å²) in [5.74, 6) is 0. The Labute approximate surface area is 70.1 Å². The van der Waals surface area contributed by atoms with Gasteiger partial charge in [-0.05, 0) is 23.3 Å². The zero-order valence-corrected chi connectivity index (χ0v) is 6.54. The summed E-state index contributed by atoms with van der Waals surface area (Å²) in [5, 5.41) is 0. The number of hydrogen-bond donors (Lipinski definition) is 1. The van der Waals surface area contributed by atoms with Gasteiger partial charge in [-0.2, -0.15) is 0 Å². The van der Waals surface area contributed by atoms with Crippen LogP contribution >= 0.6 is 0 Å². The standard InChI is InChI=1S/C9H9NO2/c10-9-2-8-5-12-4-7(8)1-6(9)3-11/h1-3H,4-5,10H2. The van der Waals surface area contributed by atoms with E-state index in [-0.39, 0.29) is 0 Å². The van der Waals surface area contributed by atoms with Gasteiger partial charge < -0.3 is 10.5 Å². The molecule has 0 unspecified atom stereocenters. The third-order valence-electron chi connectivity index (χ3n) is 2.05. The number of rotatable bonds is 1. The number of aldehydes is 1. The van der Waals surface area contributed by atoms with Gasteiger partial charge in [-0.1, -0.05) is 0 Å². The average molecular weight is 163 g/mol. The summed E-state index contributed by atoms with van der Waals surface area (Å²) in [6.07, 6.45) is 0.772. The number of carbonyl (C=O) groups excluding carboxylic acids is 1. The van der Waals surface area contributed by atoms with E-state index in [2.05, 4.69) is 0 Å². The lowest BCUT2D eigenvalue weighted by atomic mass is 10.1. The molecule has 0 radical (unpaired) electrons. The van der Waals surface area contributed by atoms with Crippen LogP contribution in [-0.2, 0) is 18.0 Å². The number of nitrogens with two attached hydrogens (primary N) is 1. The Balaban J connectivity index is 2.56. The summed E-state index contributed by atoms with van der Waals surface area (Å²) in [4.78, 5) is 10.5. The highest BCUT2D eigenvalue weighted by Gasteiger charge is 2.13. The highest BCUT2D eigenvalue weighted by Crippen LogP contribution is 2.24. The van der Waals surface area contributed by atoms with Crippen LogP contribution in [0.25, 0.3) is 0 Å². The van der Waals surface area contributed by atoms with Crippen molar-refractivity contribution in [3.05, 3.63) is 28.8 Å². The largest absolute Gasteiger partial charge is 0.398 e. The van der Waals surface area contributed by atoms with Gasteiger partial charge in [0.25, 0.3) is 0 Å². The summed E-state index contributed by atoms with van der Waals surface area (Å²) in [6.45, 7) is 1.20. The Morgan fingerprint density at radius 3 is 2.67 bits per heavy atom. The maximum atomic E-state index is 10.5. The predicted octanol–water partition coefficient (Wildman–Crippen LogP) is 1.11. The normalized spacial score (nSPS) is 14.3. The maximum absolute atomic E-state index is 10.5. The van der Waals surface area contributed by atoms with Crippen molar-refractivity contribution >= 4 is 12.0 Å². The van der Waals surface area contributed by atoms with Crippen molar-refractivity contribution in [3.63, 3.8) is 0 Å². The molecule has 0 saturated heterocycles. The zero-order chi connectivity index (χ0) is 8.55.